The Morgan fingerprint density at radius 1 is 1.13 bits per heavy atom. The summed E-state index contributed by atoms with van der Waals surface area (Å²) < 4.78 is 53.9. The van der Waals surface area contributed by atoms with E-state index in [-0.39, 0.29) is 18.0 Å². The van der Waals surface area contributed by atoms with Gasteiger partial charge in [0.2, 0.25) is 5.91 Å². The number of hydrogen-bond donors (Lipinski definition) is 4. The predicted molar refractivity (Wildman–Crippen MR) is 103 cm³/mol. The van der Waals surface area contributed by atoms with Crippen molar-refractivity contribution >= 4 is 5.91 Å². The van der Waals surface area contributed by atoms with Gasteiger partial charge in [-0.3, -0.25) is 25.6 Å². The van der Waals surface area contributed by atoms with Crippen LogP contribution in [-0.4, -0.2) is 55.1 Å². The van der Waals surface area contributed by atoms with E-state index in [1.54, 1.807) is 0 Å². The number of carbonyl (C=O) groups excluding carboxylic acids is 1. The highest BCUT2D eigenvalue weighted by Gasteiger charge is 2.42. The molecule has 1 aromatic rings. The van der Waals surface area contributed by atoms with Crippen LogP contribution in [0.1, 0.15) is 42.9 Å². The van der Waals surface area contributed by atoms with Crippen molar-refractivity contribution in [2.45, 2.75) is 62.4 Å². The van der Waals surface area contributed by atoms with Gasteiger partial charge in [0.05, 0.1) is 17.9 Å². The summed E-state index contributed by atoms with van der Waals surface area (Å²) in [6.07, 6.45) is -3.88. The zero-order valence-corrected chi connectivity index (χ0v) is 16.5. The number of rotatable bonds is 5. The van der Waals surface area contributed by atoms with E-state index in [0.717, 1.165) is 37.0 Å². The molecule has 3 saturated heterocycles. The zero-order valence-electron chi connectivity index (χ0n) is 16.5. The van der Waals surface area contributed by atoms with Gasteiger partial charge in [-0.15, -0.1) is 0 Å². The number of carbonyl (C=O) groups is 1. The van der Waals surface area contributed by atoms with Crippen molar-refractivity contribution in [2.75, 3.05) is 19.8 Å². The van der Waals surface area contributed by atoms with Gasteiger partial charge < -0.3 is 5.32 Å². The average Bonchev–Trinajstić information content (AvgIpc) is 3.36. The first-order valence-electron chi connectivity index (χ1n) is 10.4. The molecule has 1 aromatic carbocycles. The Bertz CT molecular complexity index is 744. The fourth-order valence-electron chi connectivity index (χ4n) is 4.64. The molecule has 5 atom stereocenters. The Kier molecular flexibility index (Phi) is 6.29. The maximum absolute atomic E-state index is 15.4. The van der Waals surface area contributed by atoms with Crippen LogP contribution in [0.5, 0.6) is 0 Å². The first-order chi connectivity index (χ1) is 14.3. The summed E-state index contributed by atoms with van der Waals surface area (Å²) in [6.45, 7) is 1.57. The highest BCUT2D eigenvalue weighted by atomic mass is 19.4. The standard InChI is InChI=1S/C20H27F4N5O/c21-17-18(25-10-14-7-8-16(30)28-14)26-11-27-19(17)29-9-1-2-15(29)12-3-5-13(6-4-12)20(22,23)24/h3-6,14-15,17-19,25-27H,1-2,7-11H2,(H,28,30). The molecule has 5 unspecified atom stereocenters. The summed E-state index contributed by atoms with van der Waals surface area (Å²) in [4.78, 5) is 13.3. The maximum Gasteiger partial charge on any atom is 0.416 e. The second kappa shape index (κ2) is 8.78. The van der Waals surface area contributed by atoms with Gasteiger partial charge in [0.15, 0.2) is 6.17 Å². The molecule has 0 bridgehead atoms. The Labute approximate surface area is 172 Å². The maximum atomic E-state index is 15.4. The molecule has 4 rings (SSSR count). The lowest BCUT2D eigenvalue weighted by Crippen LogP contribution is -2.68. The van der Waals surface area contributed by atoms with E-state index < -0.39 is 30.2 Å². The minimum Gasteiger partial charge on any atom is -0.352 e. The number of halogens is 4. The number of alkyl halides is 4. The average molecular weight is 429 g/mol. The molecule has 3 fully saturated rings. The number of hydrogen-bond acceptors (Lipinski definition) is 5. The quantitative estimate of drug-likeness (QED) is 0.538. The molecule has 0 aliphatic carbocycles. The summed E-state index contributed by atoms with van der Waals surface area (Å²) in [6, 6.07) is 5.06. The lowest BCUT2D eigenvalue weighted by atomic mass is 10.0. The van der Waals surface area contributed by atoms with Crippen molar-refractivity contribution in [1.82, 2.24) is 26.2 Å². The van der Waals surface area contributed by atoms with Crippen LogP contribution in [0.15, 0.2) is 24.3 Å². The number of benzene rings is 1. The molecule has 0 spiro atoms. The smallest absolute Gasteiger partial charge is 0.352 e. The minimum atomic E-state index is -4.37. The number of nitrogens with zero attached hydrogens (tertiary/aromatic N) is 1. The fraction of sp³-hybridized carbons (Fsp3) is 0.650. The van der Waals surface area contributed by atoms with Crippen LogP contribution in [0.4, 0.5) is 17.6 Å². The molecule has 3 aliphatic rings. The van der Waals surface area contributed by atoms with Crippen LogP contribution in [0.25, 0.3) is 0 Å². The Morgan fingerprint density at radius 3 is 2.57 bits per heavy atom. The second-order valence-corrected chi connectivity index (χ2v) is 8.18. The van der Waals surface area contributed by atoms with Gasteiger partial charge in [-0.25, -0.2) is 4.39 Å². The number of nitrogens with one attached hydrogen (secondary N) is 4. The van der Waals surface area contributed by atoms with Crippen LogP contribution in [0, 0.1) is 0 Å². The molecular weight excluding hydrogens is 402 g/mol. The van der Waals surface area contributed by atoms with Crippen molar-refractivity contribution in [3.8, 4) is 0 Å². The van der Waals surface area contributed by atoms with E-state index >= 15 is 4.39 Å². The SMILES string of the molecule is O=C1CCC(CNC2NCNC(N3CCCC3c3ccc(C(F)(F)F)cc3)C2F)N1. The van der Waals surface area contributed by atoms with E-state index in [1.807, 2.05) is 4.90 Å². The second-order valence-electron chi connectivity index (χ2n) is 8.18. The van der Waals surface area contributed by atoms with Crippen molar-refractivity contribution in [3.63, 3.8) is 0 Å². The zero-order chi connectivity index (χ0) is 21.3. The molecular formula is C20H27F4N5O. The van der Waals surface area contributed by atoms with E-state index in [2.05, 4.69) is 21.3 Å². The number of likely N-dealkylation sites (tertiary alicyclic amines) is 1. The van der Waals surface area contributed by atoms with Gasteiger partial charge >= 0.3 is 6.18 Å². The third kappa shape index (κ3) is 4.61. The van der Waals surface area contributed by atoms with Crippen LogP contribution in [-0.2, 0) is 11.0 Å². The third-order valence-electron chi connectivity index (χ3n) is 6.20. The summed E-state index contributed by atoms with van der Waals surface area (Å²) in [7, 11) is 0. The Morgan fingerprint density at radius 2 is 1.90 bits per heavy atom. The van der Waals surface area contributed by atoms with Gasteiger partial charge in [0.25, 0.3) is 0 Å². The van der Waals surface area contributed by atoms with Crippen molar-refractivity contribution < 1.29 is 22.4 Å². The molecule has 3 heterocycles. The summed E-state index contributed by atoms with van der Waals surface area (Å²) in [5, 5.41) is 12.3. The van der Waals surface area contributed by atoms with Crippen LogP contribution in [0.2, 0.25) is 0 Å². The molecule has 10 heteroatoms. The molecule has 30 heavy (non-hydrogen) atoms. The first-order valence-corrected chi connectivity index (χ1v) is 10.4. The topological polar surface area (TPSA) is 68.4 Å². The van der Waals surface area contributed by atoms with Gasteiger partial charge in [0.1, 0.15) is 0 Å². The van der Waals surface area contributed by atoms with Crippen molar-refractivity contribution in [1.29, 1.82) is 0 Å². The minimum absolute atomic E-state index is 0.00604. The third-order valence-corrected chi connectivity index (χ3v) is 6.20. The van der Waals surface area contributed by atoms with Crippen LogP contribution < -0.4 is 21.3 Å². The van der Waals surface area contributed by atoms with Gasteiger partial charge in [-0.1, -0.05) is 12.1 Å². The largest absolute Gasteiger partial charge is 0.416 e. The molecule has 6 nitrogen and oxygen atoms in total. The predicted octanol–water partition coefficient (Wildman–Crippen LogP) is 1.85. The monoisotopic (exact) mass is 429 g/mol. The van der Waals surface area contributed by atoms with Crippen molar-refractivity contribution in [2.24, 2.45) is 0 Å². The summed E-state index contributed by atoms with van der Waals surface area (Å²) in [5.74, 6) is 0.0196. The first kappa shape index (κ1) is 21.5. The van der Waals surface area contributed by atoms with E-state index in [0.29, 0.717) is 26.2 Å². The van der Waals surface area contributed by atoms with Gasteiger partial charge in [0, 0.05) is 38.3 Å². The molecule has 166 valence electrons. The molecule has 0 radical (unpaired) electrons. The normalized spacial score (nSPS) is 33.1. The number of amides is 1. The molecule has 1 amide bonds. The summed E-state index contributed by atoms with van der Waals surface area (Å²) >= 11 is 0. The van der Waals surface area contributed by atoms with Gasteiger partial charge in [-0.05, 0) is 37.0 Å². The Hall–Kier alpha value is -1.75. The Balaban J connectivity index is 1.40. The van der Waals surface area contributed by atoms with E-state index in [9.17, 15) is 18.0 Å². The molecule has 0 saturated carbocycles. The molecule has 0 aromatic heterocycles. The summed E-state index contributed by atoms with van der Waals surface area (Å²) in [5.41, 5.74) is 0.0913. The van der Waals surface area contributed by atoms with Crippen molar-refractivity contribution in [3.05, 3.63) is 35.4 Å². The lowest BCUT2D eigenvalue weighted by molar-refractivity contribution is -0.137. The highest BCUT2D eigenvalue weighted by Crippen LogP contribution is 2.36. The molecule has 4 N–H and O–H groups in total. The fourth-order valence-corrected chi connectivity index (χ4v) is 4.64. The highest BCUT2D eigenvalue weighted by molar-refractivity contribution is 5.78. The van der Waals surface area contributed by atoms with Crippen LogP contribution in [0.3, 0.4) is 0 Å². The van der Waals surface area contributed by atoms with Crippen LogP contribution >= 0.6 is 0 Å². The van der Waals surface area contributed by atoms with Gasteiger partial charge in [-0.2, -0.15) is 13.2 Å². The molecule has 3 aliphatic heterocycles. The lowest BCUT2D eigenvalue weighted by Gasteiger charge is -2.42. The van der Waals surface area contributed by atoms with E-state index in [4.69, 9.17) is 0 Å². The van der Waals surface area contributed by atoms with E-state index in [1.165, 1.54) is 12.1 Å².